The minimum absolute atomic E-state index is 0.0239. The van der Waals surface area contributed by atoms with Gasteiger partial charge < -0.3 is 15.2 Å². The van der Waals surface area contributed by atoms with Gasteiger partial charge >= 0.3 is 5.97 Å². The van der Waals surface area contributed by atoms with E-state index in [9.17, 15) is 19.1 Å². The van der Waals surface area contributed by atoms with E-state index in [-0.39, 0.29) is 12.4 Å². The summed E-state index contributed by atoms with van der Waals surface area (Å²) in [6.07, 6.45) is 3.92. The fourth-order valence-electron chi connectivity index (χ4n) is 2.89. The van der Waals surface area contributed by atoms with E-state index in [0.717, 1.165) is 24.8 Å². The summed E-state index contributed by atoms with van der Waals surface area (Å²) in [4.78, 5) is 23.3. The maximum Gasteiger partial charge on any atom is 0.308 e. The number of ether oxygens (including phenoxy) is 1. The van der Waals surface area contributed by atoms with Gasteiger partial charge in [-0.1, -0.05) is 25.3 Å². The number of hydrogen-bond acceptors (Lipinski definition) is 3. The number of carbonyl (C=O) groups is 2. The Morgan fingerprint density at radius 2 is 2.04 bits per heavy atom. The molecule has 0 radical (unpaired) electrons. The van der Waals surface area contributed by atoms with Crippen LogP contribution in [0.4, 0.5) is 4.39 Å². The maximum atomic E-state index is 13.6. The molecule has 0 saturated heterocycles. The molecule has 1 amide bonds. The molecule has 1 fully saturated rings. The summed E-state index contributed by atoms with van der Waals surface area (Å²) in [7, 11) is 0. The number of carboxylic acids is 1. The molecule has 0 heterocycles. The van der Waals surface area contributed by atoms with Gasteiger partial charge in [-0.2, -0.15) is 0 Å². The van der Waals surface area contributed by atoms with Crippen LogP contribution in [0.1, 0.15) is 37.7 Å². The highest BCUT2D eigenvalue weighted by Crippen LogP contribution is 2.24. The Hall–Kier alpha value is -2.11. The van der Waals surface area contributed by atoms with Crippen molar-refractivity contribution >= 4 is 11.9 Å². The number of aliphatic carboxylic acids is 1. The summed E-state index contributed by atoms with van der Waals surface area (Å²) in [5.41, 5.74) is 0.830. The first-order valence-electron chi connectivity index (χ1n) is 7.88. The van der Waals surface area contributed by atoms with Gasteiger partial charge in [0.25, 0.3) is 5.91 Å². The van der Waals surface area contributed by atoms with Crippen molar-refractivity contribution in [1.29, 1.82) is 0 Å². The van der Waals surface area contributed by atoms with Crippen molar-refractivity contribution in [2.24, 2.45) is 5.92 Å². The van der Waals surface area contributed by atoms with Crippen LogP contribution in [0, 0.1) is 18.7 Å². The first-order valence-corrected chi connectivity index (χ1v) is 7.88. The van der Waals surface area contributed by atoms with Crippen molar-refractivity contribution in [1.82, 2.24) is 5.32 Å². The molecule has 0 bridgehead atoms. The van der Waals surface area contributed by atoms with Gasteiger partial charge in [-0.3, -0.25) is 9.59 Å². The lowest BCUT2D eigenvalue weighted by Crippen LogP contribution is -2.44. The lowest BCUT2D eigenvalue weighted by Gasteiger charge is -2.22. The lowest BCUT2D eigenvalue weighted by atomic mass is 9.95. The van der Waals surface area contributed by atoms with E-state index in [1.54, 1.807) is 13.0 Å². The molecule has 2 N–H and O–H groups in total. The Morgan fingerprint density at radius 1 is 1.30 bits per heavy atom. The lowest BCUT2D eigenvalue weighted by molar-refractivity contribution is -0.143. The SMILES string of the molecule is Cc1ccc(F)c(OCC(=O)N[C@H]2CCCCC[C@H]2C(=O)O)c1. The molecule has 2 atom stereocenters. The van der Waals surface area contributed by atoms with Gasteiger partial charge in [0.05, 0.1) is 5.92 Å². The molecule has 23 heavy (non-hydrogen) atoms. The van der Waals surface area contributed by atoms with Crippen molar-refractivity contribution < 1.29 is 23.8 Å². The average molecular weight is 323 g/mol. The Balaban J connectivity index is 1.92. The van der Waals surface area contributed by atoms with Crippen LogP contribution >= 0.6 is 0 Å². The molecule has 5 nitrogen and oxygen atoms in total. The molecule has 0 aliphatic heterocycles. The summed E-state index contributed by atoms with van der Waals surface area (Å²) < 4.78 is 18.8. The Bertz CT molecular complexity index is 576. The van der Waals surface area contributed by atoms with Gasteiger partial charge in [0.2, 0.25) is 0 Å². The number of aryl methyl sites for hydroxylation is 1. The van der Waals surface area contributed by atoms with Crippen LogP contribution in [-0.4, -0.2) is 29.6 Å². The highest BCUT2D eigenvalue weighted by molar-refractivity contribution is 5.79. The smallest absolute Gasteiger partial charge is 0.308 e. The maximum absolute atomic E-state index is 13.6. The van der Waals surface area contributed by atoms with E-state index in [4.69, 9.17) is 4.74 Å². The van der Waals surface area contributed by atoms with E-state index >= 15 is 0 Å². The Morgan fingerprint density at radius 3 is 2.78 bits per heavy atom. The molecule has 6 heteroatoms. The molecule has 2 rings (SSSR count). The predicted octanol–water partition coefficient (Wildman–Crippen LogP) is 2.66. The summed E-state index contributed by atoms with van der Waals surface area (Å²) in [5.74, 6) is -2.39. The van der Waals surface area contributed by atoms with Crippen LogP contribution in [0.3, 0.4) is 0 Å². The number of rotatable bonds is 5. The molecule has 1 aromatic rings. The average Bonchev–Trinajstić information content (AvgIpc) is 2.73. The first kappa shape index (κ1) is 17.2. The molecule has 0 spiro atoms. The minimum atomic E-state index is -0.886. The Labute approximate surface area is 134 Å². The fraction of sp³-hybridized carbons (Fsp3) is 0.529. The zero-order chi connectivity index (χ0) is 16.8. The summed E-state index contributed by atoms with van der Waals surface area (Å²) in [5, 5.41) is 12.0. The van der Waals surface area contributed by atoms with E-state index < -0.39 is 29.7 Å². The van der Waals surface area contributed by atoms with Crippen molar-refractivity contribution in [2.75, 3.05) is 6.61 Å². The van der Waals surface area contributed by atoms with Gasteiger partial charge in [-0.15, -0.1) is 0 Å². The summed E-state index contributed by atoms with van der Waals surface area (Å²) in [6.45, 7) is 1.47. The predicted molar refractivity (Wildman–Crippen MR) is 82.8 cm³/mol. The van der Waals surface area contributed by atoms with Crippen LogP contribution in [0.5, 0.6) is 5.75 Å². The van der Waals surface area contributed by atoms with Crippen molar-refractivity contribution in [3.63, 3.8) is 0 Å². The fourth-order valence-corrected chi connectivity index (χ4v) is 2.89. The van der Waals surface area contributed by atoms with Crippen LogP contribution in [0.25, 0.3) is 0 Å². The van der Waals surface area contributed by atoms with Crippen molar-refractivity contribution in [2.45, 2.75) is 45.1 Å². The highest BCUT2D eigenvalue weighted by atomic mass is 19.1. The summed E-state index contributed by atoms with van der Waals surface area (Å²) >= 11 is 0. The van der Waals surface area contributed by atoms with Gasteiger partial charge in [-0.05, 0) is 37.5 Å². The zero-order valence-corrected chi connectivity index (χ0v) is 13.2. The molecule has 1 aromatic carbocycles. The topological polar surface area (TPSA) is 75.6 Å². The van der Waals surface area contributed by atoms with E-state index in [2.05, 4.69) is 5.32 Å². The third-order valence-corrected chi connectivity index (χ3v) is 4.13. The number of amides is 1. The number of halogens is 1. The molecule has 0 aromatic heterocycles. The van der Waals surface area contributed by atoms with Crippen molar-refractivity contribution in [3.05, 3.63) is 29.6 Å². The molecule has 1 aliphatic rings. The number of carboxylic acid groups (broad SMARTS) is 1. The minimum Gasteiger partial charge on any atom is -0.481 e. The number of benzene rings is 1. The number of nitrogens with one attached hydrogen (secondary N) is 1. The van der Waals surface area contributed by atoms with Crippen LogP contribution < -0.4 is 10.1 Å². The molecular formula is C17H22FNO4. The zero-order valence-electron chi connectivity index (χ0n) is 13.2. The second-order valence-corrected chi connectivity index (χ2v) is 5.98. The number of carbonyl (C=O) groups excluding carboxylic acids is 1. The first-order chi connectivity index (χ1) is 11.0. The Kier molecular flexibility index (Phi) is 5.96. The molecule has 0 unspecified atom stereocenters. The standard InChI is InChI=1S/C17H22FNO4/c1-11-7-8-13(18)15(9-11)23-10-16(20)19-14-6-4-2-3-5-12(14)17(21)22/h7-9,12,14H,2-6,10H2,1H3,(H,19,20)(H,21,22)/t12-,14+/m1/s1. The molecular weight excluding hydrogens is 301 g/mol. The molecule has 126 valence electrons. The second-order valence-electron chi connectivity index (χ2n) is 5.98. The van der Waals surface area contributed by atoms with E-state index in [0.29, 0.717) is 12.8 Å². The van der Waals surface area contributed by atoms with Gasteiger partial charge in [0.15, 0.2) is 18.2 Å². The van der Waals surface area contributed by atoms with Crippen LogP contribution in [-0.2, 0) is 9.59 Å². The highest BCUT2D eigenvalue weighted by Gasteiger charge is 2.30. The van der Waals surface area contributed by atoms with E-state index in [1.165, 1.54) is 12.1 Å². The third-order valence-electron chi connectivity index (χ3n) is 4.13. The third kappa shape index (κ3) is 4.94. The molecule has 1 aliphatic carbocycles. The normalized spacial score (nSPS) is 21.3. The second kappa shape index (κ2) is 7.94. The number of hydrogen-bond donors (Lipinski definition) is 2. The largest absolute Gasteiger partial charge is 0.481 e. The summed E-state index contributed by atoms with van der Waals surface area (Å²) in [6, 6.07) is 4.03. The van der Waals surface area contributed by atoms with Gasteiger partial charge in [-0.25, -0.2) is 4.39 Å². The molecule has 1 saturated carbocycles. The van der Waals surface area contributed by atoms with Crippen molar-refractivity contribution in [3.8, 4) is 5.75 Å². The quantitative estimate of drug-likeness (QED) is 0.817. The monoisotopic (exact) mass is 323 g/mol. The van der Waals surface area contributed by atoms with Gasteiger partial charge in [0, 0.05) is 6.04 Å². The van der Waals surface area contributed by atoms with E-state index in [1.807, 2.05) is 0 Å². The van der Waals surface area contributed by atoms with Crippen LogP contribution in [0.15, 0.2) is 18.2 Å². The van der Waals surface area contributed by atoms with Gasteiger partial charge in [0.1, 0.15) is 0 Å². The van der Waals surface area contributed by atoms with Crippen LogP contribution in [0.2, 0.25) is 0 Å².